The van der Waals surface area contributed by atoms with Gasteiger partial charge in [-0.25, -0.2) is 4.68 Å². The zero-order valence-corrected chi connectivity index (χ0v) is 15.4. The summed E-state index contributed by atoms with van der Waals surface area (Å²) >= 11 is 0. The lowest BCUT2D eigenvalue weighted by Crippen LogP contribution is -2.40. The van der Waals surface area contributed by atoms with E-state index in [1.54, 1.807) is 0 Å². The molecule has 1 saturated heterocycles. The number of pyridine rings is 1. The van der Waals surface area contributed by atoms with E-state index in [0.717, 1.165) is 19.3 Å². The summed E-state index contributed by atoms with van der Waals surface area (Å²) in [6.45, 7) is 0.452. The maximum atomic E-state index is 13.0. The number of aliphatic hydroxyl groups is 1. The number of hydrogen-bond donors (Lipinski definition) is 1. The van der Waals surface area contributed by atoms with Crippen LogP contribution in [0.4, 0.5) is 13.2 Å². The summed E-state index contributed by atoms with van der Waals surface area (Å²) in [6, 6.07) is 1.31. The standard InChI is InChI=1S/C19H19F3N4O3/c20-19(21,22)8-14-7-13(3-1-6-27)9-23-17(14)15-10-26(25-24-15)11-16-28-12-18(29-16)4-2-5-18/h7,9-10,16,27H,2,4-6,8,11-12H2. The van der Waals surface area contributed by atoms with Crippen LogP contribution >= 0.6 is 0 Å². The monoisotopic (exact) mass is 408 g/mol. The van der Waals surface area contributed by atoms with Crippen molar-refractivity contribution in [3.8, 4) is 23.2 Å². The number of ether oxygens (including phenoxy) is 2. The smallest absolute Gasteiger partial charge is 0.384 e. The number of hydrogen-bond acceptors (Lipinski definition) is 6. The Morgan fingerprint density at radius 3 is 2.83 bits per heavy atom. The highest BCUT2D eigenvalue weighted by Crippen LogP contribution is 2.41. The minimum Gasteiger partial charge on any atom is -0.384 e. The van der Waals surface area contributed by atoms with E-state index in [0.29, 0.717) is 13.2 Å². The van der Waals surface area contributed by atoms with Crippen molar-refractivity contribution in [3.63, 3.8) is 0 Å². The van der Waals surface area contributed by atoms with E-state index < -0.39 is 25.5 Å². The van der Waals surface area contributed by atoms with E-state index in [2.05, 4.69) is 27.1 Å². The Morgan fingerprint density at radius 2 is 2.17 bits per heavy atom. The van der Waals surface area contributed by atoms with Crippen molar-refractivity contribution in [2.24, 2.45) is 0 Å². The van der Waals surface area contributed by atoms with E-state index >= 15 is 0 Å². The number of halogens is 3. The Balaban J connectivity index is 1.54. The zero-order chi connectivity index (χ0) is 20.5. The molecule has 154 valence electrons. The maximum absolute atomic E-state index is 13.0. The lowest BCUT2D eigenvalue weighted by molar-refractivity contribution is -0.127. The Labute approximate surface area is 164 Å². The van der Waals surface area contributed by atoms with Gasteiger partial charge in [0.2, 0.25) is 0 Å². The lowest BCUT2D eigenvalue weighted by atomic mass is 9.81. The summed E-state index contributed by atoms with van der Waals surface area (Å²) in [5, 5.41) is 16.7. The normalized spacial score (nSPS) is 20.3. The summed E-state index contributed by atoms with van der Waals surface area (Å²) in [7, 11) is 0. The summed E-state index contributed by atoms with van der Waals surface area (Å²) in [4.78, 5) is 4.11. The van der Waals surface area contributed by atoms with Gasteiger partial charge < -0.3 is 14.6 Å². The SMILES string of the molecule is OCC#Cc1cnc(-c2cn(CC3OCC4(CCC4)O3)nn2)c(CC(F)(F)F)c1. The average Bonchev–Trinajstić information content (AvgIpc) is 3.26. The van der Waals surface area contributed by atoms with Gasteiger partial charge in [-0.1, -0.05) is 17.1 Å². The summed E-state index contributed by atoms with van der Waals surface area (Å²) < 4.78 is 52.2. The van der Waals surface area contributed by atoms with Crippen LogP contribution in [0.3, 0.4) is 0 Å². The number of nitrogens with zero attached hydrogens (tertiary/aromatic N) is 4. The van der Waals surface area contributed by atoms with E-state index in [9.17, 15) is 13.2 Å². The molecular weight excluding hydrogens is 389 g/mol. The largest absolute Gasteiger partial charge is 0.393 e. The van der Waals surface area contributed by atoms with Gasteiger partial charge in [0.15, 0.2) is 6.29 Å². The van der Waals surface area contributed by atoms with Gasteiger partial charge in [0.25, 0.3) is 0 Å². The van der Waals surface area contributed by atoms with Crippen molar-refractivity contribution in [3.05, 3.63) is 29.6 Å². The number of aromatic nitrogens is 4. The minimum atomic E-state index is -4.42. The third-order valence-corrected chi connectivity index (χ3v) is 4.97. The van der Waals surface area contributed by atoms with Gasteiger partial charge in [0.1, 0.15) is 12.3 Å². The van der Waals surface area contributed by atoms with Crippen LogP contribution in [-0.2, 0) is 22.4 Å². The van der Waals surface area contributed by atoms with E-state index in [1.165, 1.54) is 23.1 Å². The van der Waals surface area contributed by atoms with Crippen LogP contribution in [0.1, 0.15) is 30.4 Å². The van der Waals surface area contributed by atoms with Crippen molar-refractivity contribution < 1.29 is 27.8 Å². The predicted octanol–water partition coefficient (Wildman–Crippen LogP) is 2.08. The molecule has 0 radical (unpaired) electrons. The molecule has 1 N–H and O–H groups in total. The summed E-state index contributed by atoms with van der Waals surface area (Å²) in [5.41, 5.74) is 0.360. The lowest BCUT2D eigenvalue weighted by Gasteiger charge is -2.35. The maximum Gasteiger partial charge on any atom is 0.393 e. The number of alkyl halides is 3. The van der Waals surface area contributed by atoms with Gasteiger partial charge in [0.05, 0.1) is 37.1 Å². The van der Waals surface area contributed by atoms with Gasteiger partial charge in [0, 0.05) is 11.8 Å². The predicted molar refractivity (Wildman–Crippen MR) is 94.4 cm³/mol. The first-order valence-corrected chi connectivity index (χ1v) is 9.21. The van der Waals surface area contributed by atoms with Gasteiger partial charge in [-0.2, -0.15) is 13.2 Å². The molecule has 7 nitrogen and oxygen atoms in total. The van der Waals surface area contributed by atoms with Gasteiger partial charge in [-0.3, -0.25) is 4.98 Å². The van der Waals surface area contributed by atoms with Crippen molar-refractivity contribution in [2.75, 3.05) is 13.2 Å². The Hall–Kier alpha value is -2.48. The molecule has 2 fully saturated rings. The average molecular weight is 408 g/mol. The first-order chi connectivity index (χ1) is 13.9. The number of aliphatic hydroxyl groups excluding tert-OH is 1. The van der Waals surface area contributed by atoms with Crippen LogP contribution in [0.2, 0.25) is 0 Å². The van der Waals surface area contributed by atoms with Crippen molar-refractivity contribution in [1.29, 1.82) is 0 Å². The van der Waals surface area contributed by atoms with Crippen LogP contribution in [0.5, 0.6) is 0 Å². The highest BCUT2D eigenvalue weighted by Gasteiger charge is 2.46. The fourth-order valence-corrected chi connectivity index (χ4v) is 3.47. The zero-order valence-electron chi connectivity index (χ0n) is 15.4. The van der Waals surface area contributed by atoms with Crippen LogP contribution in [0.15, 0.2) is 18.5 Å². The molecule has 2 aromatic rings. The quantitative estimate of drug-likeness (QED) is 0.781. The molecule has 10 heteroatoms. The molecule has 29 heavy (non-hydrogen) atoms. The molecule has 1 spiro atoms. The Kier molecular flexibility index (Phi) is 5.29. The van der Waals surface area contributed by atoms with E-state index in [4.69, 9.17) is 14.6 Å². The fourth-order valence-electron chi connectivity index (χ4n) is 3.47. The molecule has 4 rings (SSSR count). The second kappa shape index (κ2) is 7.74. The topological polar surface area (TPSA) is 82.3 Å². The molecule has 1 aliphatic carbocycles. The van der Waals surface area contributed by atoms with Crippen LogP contribution in [0.25, 0.3) is 11.4 Å². The minimum absolute atomic E-state index is 0.0592. The molecule has 1 aliphatic heterocycles. The molecule has 2 aromatic heterocycles. The third-order valence-electron chi connectivity index (χ3n) is 4.97. The molecule has 2 aliphatic rings. The molecule has 1 unspecified atom stereocenters. The van der Waals surface area contributed by atoms with Gasteiger partial charge in [-0.15, -0.1) is 5.10 Å². The molecule has 0 amide bonds. The first-order valence-electron chi connectivity index (χ1n) is 9.21. The second-order valence-electron chi connectivity index (χ2n) is 7.20. The highest BCUT2D eigenvalue weighted by molar-refractivity contribution is 5.59. The molecule has 1 saturated carbocycles. The fraction of sp³-hybridized carbons (Fsp3) is 0.526. The second-order valence-corrected chi connectivity index (χ2v) is 7.20. The molecule has 1 atom stereocenters. The van der Waals surface area contributed by atoms with Crippen LogP contribution < -0.4 is 0 Å². The highest BCUT2D eigenvalue weighted by atomic mass is 19.4. The summed E-state index contributed by atoms with van der Waals surface area (Å²) in [6.07, 6.45) is -0.101. The Morgan fingerprint density at radius 1 is 1.34 bits per heavy atom. The van der Waals surface area contributed by atoms with Crippen LogP contribution in [-0.4, -0.2) is 56.4 Å². The van der Waals surface area contributed by atoms with Crippen molar-refractivity contribution >= 4 is 0 Å². The Bertz CT molecular complexity index is 944. The summed E-state index contributed by atoms with van der Waals surface area (Å²) in [5.74, 6) is 4.97. The number of rotatable bonds is 4. The van der Waals surface area contributed by atoms with E-state index in [1.807, 2.05) is 0 Å². The van der Waals surface area contributed by atoms with Crippen molar-refractivity contribution in [2.45, 2.75) is 50.3 Å². The van der Waals surface area contributed by atoms with Gasteiger partial charge >= 0.3 is 6.18 Å². The third kappa shape index (κ3) is 4.58. The molecule has 0 aromatic carbocycles. The first kappa shape index (κ1) is 19.8. The van der Waals surface area contributed by atoms with Crippen molar-refractivity contribution in [1.82, 2.24) is 20.0 Å². The van der Waals surface area contributed by atoms with E-state index in [-0.39, 0.29) is 28.1 Å². The molecule has 3 heterocycles. The van der Waals surface area contributed by atoms with Crippen LogP contribution in [0, 0.1) is 11.8 Å². The molecule has 0 bridgehead atoms. The molecular formula is C19H19F3N4O3. The van der Waals surface area contributed by atoms with Gasteiger partial charge in [-0.05, 0) is 30.9 Å².